The van der Waals surface area contributed by atoms with Crippen molar-refractivity contribution in [1.82, 2.24) is 0 Å². The molecule has 0 aliphatic rings. The maximum atomic E-state index is 11.4. The minimum atomic E-state index is -0.436. The number of benzene rings is 1. The van der Waals surface area contributed by atoms with E-state index in [4.69, 9.17) is 16.3 Å². The minimum Gasteiger partial charge on any atom is -0.462 e. The van der Waals surface area contributed by atoms with Gasteiger partial charge in [0.15, 0.2) is 5.78 Å². The van der Waals surface area contributed by atoms with E-state index >= 15 is 0 Å². The van der Waals surface area contributed by atoms with Gasteiger partial charge in [-0.3, -0.25) is 9.59 Å². The highest BCUT2D eigenvalue weighted by molar-refractivity contribution is 6.29. The molecule has 0 bridgehead atoms. The summed E-state index contributed by atoms with van der Waals surface area (Å²) >= 11 is 5.30. The van der Waals surface area contributed by atoms with Crippen LogP contribution in [0.5, 0.6) is 0 Å². The van der Waals surface area contributed by atoms with Crippen molar-refractivity contribution in [3.63, 3.8) is 0 Å². The van der Waals surface area contributed by atoms with Crippen LogP contribution >= 0.6 is 11.6 Å². The first kappa shape index (κ1) is 15.2. The number of hydrogen-bond acceptors (Lipinski definition) is 4. The van der Waals surface area contributed by atoms with Crippen LogP contribution in [0.2, 0.25) is 0 Å². The predicted molar refractivity (Wildman–Crippen MR) is 71.4 cm³/mol. The Hall–Kier alpha value is -1.88. The minimum absolute atomic E-state index is 0.185. The van der Waals surface area contributed by atoms with Crippen molar-refractivity contribution in [1.29, 1.82) is 0 Å². The maximum absolute atomic E-state index is 11.4. The fraction of sp³-hybridized carbons (Fsp3) is 0.308. The molecule has 1 N–H and O–H groups in total. The fourth-order valence-corrected chi connectivity index (χ4v) is 1.43. The van der Waals surface area contributed by atoms with Crippen molar-refractivity contribution >= 4 is 34.9 Å². The van der Waals surface area contributed by atoms with Crippen LogP contribution < -0.4 is 5.32 Å². The molecular formula is C13H14ClNO4. The number of alkyl halides is 1. The van der Waals surface area contributed by atoms with Crippen LogP contribution in [0.1, 0.15) is 23.7 Å². The lowest BCUT2D eigenvalue weighted by atomic mass is 10.2. The van der Waals surface area contributed by atoms with Gasteiger partial charge < -0.3 is 10.1 Å². The summed E-state index contributed by atoms with van der Waals surface area (Å²) in [6.45, 7) is 2.03. The van der Waals surface area contributed by atoms with Crippen LogP contribution in [0.25, 0.3) is 0 Å². The van der Waals surface area contributed by atoms with E-state index in [2.05, 4.69) is 5.32 Å². The van der Waals surface area contributed by atoms with Crippen LogP contribution in [0.4, 0.5) is 5.69 Å². The summed E-state index contributed by atoms with van der Waals surface area (Å²) in [6, 6.07) is 6.21. The number of esters is 1. The zero-order valence-electron chi connectivity index (χ0n) is 10.4. The first-order valence-corrected chi connectivity index (χ1v) is 6.25. The van der Waals surface area contributed by atoms with E-state index in [1.54, 1.807) is 19.1 Å². The quantitative estimate of drug-likeness (QED) is 0.492. The van der Waals surface area contributed by atoms with Gasteiger partial charge in [0.2, 0.25) is 5.91 Å². The number of nitrogens with one attached hydrogen (secondary N) is 1. The molecule has 0 aliphatic heterocycles. The van der Waals surface area contributed by atoms with Crippen molar-refractivity contribution in [3.8, 4) is 0 Å². The summed E-state index contributed by atoms with van der Waals surface area (Å²) in [5.74, 6) is -1.38. The molecule has 6 heteroatoms. The number of halogens is 1. The number of amides is 1. The number of carbonyl (C=O) groups excluding carboxylic acids is 3. The number of anilines is 1. The van der Waals surface area contributed by atoms with E-state index in [1.165, 1.54) is 12.1 Å². The Labute approximate surface area is 115 Å². The van der Waals surface area contributed by atoms with E-state index in [9.17, 15) is 14.4 Å². The van der Waals surface area contributed by atoms with E-state index in [-0.39, 0.29) is 18.1 Å². The molecule has 0 radical (unpaired) electrons. The monoisotopic (exact) mass is 283 g/mol. The molecule has 1 aromatic carbocycles. The second-order valence-electron chi connectivity index (χ2n) is 3.70. The topological polar surface area (TPSA) is 72.5 Å². The van der Waals surface area contributed by atoms with Gasteiger partial charge in [0.25, 0.3) is 0 Å². The van der Waals surface area contributed by atoms with Crippen molar-refractivity contribution in [2.75, 3.05) is 17.8 Å². The second kappa shape index (κ2) is 7.53. The Morgan fingerprint density at radius 1 is 1.21 bits per heavy atom. The highest BCUT2D eigenvalue weighted by atomic mass is 35.5. The van der Waals surface area contributed by atoms with E-state index in [1.807, 2.05) is 0 Å². The molecule has 0 aromatic heterocycles. The van der Waals surface area contributed by atoms with Crippen molar-refractivity contribution in [2.45, 2.75) is 13.3 Å². The van der Waals surface area contributed by atoms with Crippen molar-refractivity contribution in [3.05, 3.63) is 29.8 Å². The molecule has 5 nitrogen and oxygen atoms in total. The summed E-state index contributed by atoms with van der Waals surface area (Å²) in [5, 5.41) is 2.53. The van der Waals surface area contributed by atoms with E-state index < -0.39 is 11.9 Å². The zero-order valence-corrected chi connectivity index (χ0v) is 11.2. The standard InChI is InChI=1S/C13H14ClNO4/c1-2-19-13(18)9-3-5-10(6-4-9)15-12(17)7-11(16)8-14/h3-6H,2,7-8H2,1H3,(H,15,17). The van der Waals surface area contributed by atoms with Gasteiger partial charge in [-0.15, -0.1) is 11.6 Å². The number of hydrogen-bond donors (Lipinski definition) is 1. The average molecular weight is 284 g/mol. The molecular weight excluding hydrogens is 270 g/mol. The number of ketones is 1. The lowest BCUT2D eigenvalue weighted by molar-refractivity contribution is -0.124. The number of carbonyl (C=O) groups is 3. The number of ether oxygens (including phenoxy) is 1. The largest absolute Gasteiger partial charge is 0.462 e. The highest BCUT2D eigenvalue weighted by Crippen LogP contribution is 2.11. The second-order valence-corrected chi connectivity index (χ2v) is 3.96. The molecule has 1 rings (SSSR count). The van der Waals surface area contributed by atoms with Gasteiger partial charge in [-0.25, -0.2) is 4.79 Å². The first-order chi connectivity index (χ1) is 9.06. The summed E-state index contributed by atoms with van der Waals surface area (Å²) < 4.78 is 4.83. The summed E-state index contributed by atoms with van der Waals surface area (Å²) in [4.78, 5) is 33.8. The third-order valence-electron chi connectivity index (χ3n) is 2.19. The lowest BCUT2D eigenvalue weighted by Crippen LogP contribution is -2.17. The fourth-order valence-electron chi connectivity index (χ4n) is 1.34. The van der Waals surface area contributed by atoms with Crippen molar-refractivity contribution < 1.29 is 19.1 Å². The van der Waals surface area contributed by atoms with E-state index in [0.717, 1.165) is 0 Å². The van der Waals surface area contributed by atoms with Crippen LogP contribution in [0.15, 0.2) is 24.3 Å². The van der Waals surface area contributed by atoms with Crippen LogP contribution in [0.3, 0.4) is 0 Å². The third-order valence-corrected chi connectivity index (χ3v) is 2.48. The number of rotatable bonds is 6. The van der Waals surface area contributed by atoms with Gasteiger partial charge in [0, 0.05) is 5.69 Å². The highest BCUT2D eigenvalue weighted by Gasteiger charge is 2.09. The van der Waals surface area contributed by atoms with Gasteiger partial charge >= 0.3 is 5.97 Å². The maximum Gasteiger partial charge on any atom is 0.338 e. The Kier molecular flexibility index (Phi) is 6.02. The Morgan fingerprint density at radius 3 is 2.37 bits per heavy atom. The van der Waals surface area contributed by atoms with Gasteiger partial charge in [-0.05, 0) is 31.2 Å². The molecule has 19 heavy (non-hydrogen) atoms. The Bertz CT molecular complexity index is 470. The average Bonchev–Trinajstić information content (AvgIpc) is 2.39. The normalized spacial score (nSPS) is 9.79. The smallest absolute Gasteiger partial charge is 0.338 e. The molecule has 0 unspecified atom stereocenters. The summed E-state index contributed by atoms with van der Waals surface area (Å²) in [5.41, 5.74) is 0.900. The predicted octanol–water partition coefficient (Wildman–Crippen LogP) is 2.00. The van der Waals surface area contributed by atoms with Gasteiger partial charge in [0.05, 0.1) is 24.5 Å². The van der Waals surface area contributed by atoms with Crippen LogP contribution in [-0.2, 0) is 14.3 Å². The molecule has 0 atom stereocenters. The molecule has 1 aromatic rings. The lowest BCUT2D eigenvalue weighted by Gasteiger charge is -2.05. The SMILES string of the molecule is CCOC(=O)c1ccc(NC(=O)CC(=O)CCl)cc1. The Balaban J connectivity index is 2.59. The molecule has 0 saturated carbocycles. The molecule has 0 aliphatic carbocycles. The number of Topliss-reactive ketones (excluding diaryl/α,β-unsaturated/α-hetero) is 1. The van der Waals surface area contributed by atoms with Gasteiger partial charge in [0.1, 0.15) is 0 Å². The van der Waals surface area contributed by atoms with Gasteiger partial charge in [-0.1, -0.05) is 0 Å². The molecule has 0 fully saturated rings. The summed E-state index contributed by atoms with van der Waals surface area (Å²) in [6.07, 6.45) is -0.261. The van der Waals surface area contributed by atoms with Crippen LogP contribution in [-0.4, -0.2) is 30.1 Å². The molecule has 0 spiro atoms. The zero-order chi connectivity index (χ0) is 14.3. The van der Waals surface area contributed by atoms with Crippen molar-refractivity contribution in [2.24, 2.45) is 0 Å². The molecule has 1 amide bonds. The van der Waals surface area contributed by atoms with Gasteiger partial charge in [-0.2, -0.15) is 0 Å². The third kappa shape index (κ3) is 5.09. The van der Waals surface area contributed by atoms with E-state index in [0.29, 0.717) is 17.9 Å². The molecule has 0 saturated heterocycles. The summed E-state index contributed by atoms with van der Waals surface area (Å²) in [7, 11) is 0. The molecule has 102 valence electrons. The molecule has 0 heterocycles. The Morgan fingerprint density at radius 2 is 1.84 bits per heavy atom. The first-order valence-electron chi connectivity index (χ1n) is 5.71. The van der Waals surface area contributed by atoms with Crippen LogP contribution in [0, 0.1) is 0 Å².